The molecule has 0 spiro atoms. The van der Waals surface area contributed by atoms with Crippen LogP contribution in [0.1, 0.15) is 30.9 Å². The van der Waals surface area contributed by atoms with E-state index < -0.39 is 0 Å². The number of alkyl halides is 1. The van der Waals surface area contributed by atoms with Gasteiger partial charge in [0.15, 0.2) is 0 Å². The topological polar surface area (TPSA) is 3.24 Å². The SMILES string of the molecule is Cc1cccc(CN2CCC(C(C)Br)CC2)c1. The number of hydrogen-bond acceptors (Lipinski definition) is 1. The lowest BCUT2D eigenvalue weighted by molar-refractivity contribution is 0.178. The number of aryl methyl sites for hydroxylation is 1. The molecule has 1 nitrogen and oxygen atoms in total. The van der Waals surface area contributed by atoms with E-state index in [4.69, 9.17) is 0 Å². The molecular formula is C15H22BrN. The summed E-state index contributed by atoms with van der Waals surface area (Å²) < 4.78 is 0. The van der Waals surface area contributed by atoms with Crippen LogP contribution in [0.25, 0.3) is 0 Å². The smallest absolute Gasteiger partial charge is 0.0233 e. The van der Waals surface area contributed by atoms with Crippen LogP contribution in [0.5, 0.6) is 0 Å². The lowest BCUT2D eigenvalue weighted by Gasteiger charge is -2.33. The number of benzene rings is 1. The zero-order valence-corrected chi connectivity index (χ0v) is 12.4. The molecule has 1 fully saturated rings. The molecule has 94 valence electrons. The van der Waals surface area contributed by atoms with Crippen molar-refractivity contribution in [1.29, 1.82) is 0 Å². The fraction of sp³-hybridized carbons (Fsp3) is 0.600. The first-order valence-electron chi connectivity index (χ1n) is 6.57. The Morgan fingerprint density at radius 3 is 2.65 bits per heavy atom. The number of hydrogen-bond donors (Lipinski definition) is 0. The summed E-state index contributed by atoms with van der Waals surface area (Å²) in [7, 11) is 0. The first-order chi connectivity index (χ1) is 8.15. The van der Waals surface area contributed by atoms with Gasteiger partial charge >= 0.3 is 0 Å². The third-order valence-electron chi connectivity index (χ3n) is 3.77. The van der Waals surface area contributed by atoms with E-state index >= 15 is 0 Å². The molecule has 1 aliphatic heterocycles. The van der Waals surface area contributed by atoms with E-state index in [9.17, 15) is 0 Å². The molecule has 1 atom stereocenters. The molecule has 0 N–H and O–H groups in total. The highest BCUT2D eigenvalue weighted by Gasteiger charge is 2.22. The number of nitrogens with zero attached hydrogens (tertiary/aromatic N) is 1. The molecule has 1 aliphatic rings. The maximum Gasteiger partial charge on any atom is 0.0233 e. The molecule has 0 aliphatic carbocycles. The number of halogens is 1. The zero-order valence-electron chi connectivity index (χ0n) is 10.8. The van der Waals surface area contributed by atoms with Gasteiger partial charge in [0, 0.05) is 11.4 Å². The summed E-state index contributed by atoms with van der Waals surface area (Å²) in [6.45, 7) is 8.05. The Balaban J connectivity index is 1.86. The molecule has 0 saturated carbocycles. The highest BCUT2D eigenvalue weighted by molar-refractivity contribution is 9.09. The van der Waals surface area contributed by atoms with Crippen LogP contribution in [0.3, 0.4) is 0 Å². The molecule has 0 radical (unpaired) electrons. The summed E-state index contributed by atoms with van der Waals surface area (Å²) in [6, 6.07) is 8.88. The molecule has 1 heterocycles. The molecule has 1 unspecified atom stereocenters. The van der Waals surface area contributed by atoms with Gasteiger partial charge in [-0.05, 0) is 44.3 Å². The molecular weight excluding hydrogens is 274 g/mol. The van der Waals surface area contributed by atoms with Crippen LogP contribution in [0.4, 0.5) is 0 Å². The van der Waals surface area contributed by atoms with Gasteiger partial charge in [-0.3, -0.25) is 4.90 Å². The second-order valence-corrected chi connectivity index (χ2v) is 6.72. The van der Waals surface area contributed by atoms with Crippen LogP contribution in [-0.2, 0) is 6.54 Å². The number of rotatable bonds is 3. The van der Waals surface area contributed by atoms with Crippen molar-refractivity contribution in [2.45, 2.75) is 38.1 Å². The summed E-state index contributed by atoms with van der Waals surface area (Å²) in [4.78, 5) is 3.25. The van der Waals surface area contributed by atoms with E-state index in [1.807, 2.05) is 0 Å². The van der Waals surface area contributed by atoms with E-state index in [0.717, 1.165) is 12.5 Å². The number of piperidine rings is 1. The Labute approximate surface area is 113 Å². The van der Waals surface area contributed by atoms with Gasteiger partial charge in [-0.2, -0.15) is 0 Å². The summed E-state index contributed by atoms with van der Waals surface area (Å²) >= 11 is 3.71. The van der Waals surface area contributed by atoms with Gasteiger partial charge in [0.2, 0.25) is 0 Å². The predicted molar refractivity (Wildman–Crippen MR) is 77.6 cm³/mol. The monoisotopic (exact) mass is 295 g/mol. The largest absolute Gasteiger partial charge is 0.299 e. The van der Waals surface area contributed by atoms with Crippen molar-refractivity contribution < 1.29 is 0 Å². The fourth-order valence-electron chi connectivity index (χ4n) is 2.64. The van der Waals surface area contributed by atoms with Gasteiger partial charge in [-0.1, -0.05) is 52.7 Å². The molecule has 1 aromatic rings. The molecule has 0 amide bonds. The van der Waals surface area contributed by atoms with E-state index in [-0.39, 0.29) is 0 Å². The van der Waals surface area contributed by atoms with Crippen LogP contribution < -0.4 is 0 Å². The first-order valence-corrected chi connectivity index (χ1v) is 7.48. The minimum absolute atomic E-state index is 0.670. The van der Waals surface area contributed by atoms with Crippen molar-refractivity contribution in [1.82, 2.24) is 4.90 Å². The van der Waals surface area contributed by atoms with Gasteiger partial charge in [0.1, 0.15) is 0 Å². The maximum absolute atomic E-state index is 3.71. The van der Waals surface area contributed by atoms with Crippen LogP contribution in [0.15, 0.2) is 24.3 Å². The van der Waals surface area contributed by atoms with E-state index in [0.29, 0.717) is 4.83 Å². The van der Waals surface area contributed by atoms with Crippen molar-refractivity contribution >= 4 is 15.9 Å². The van der Waals surface area contributed by atoms with Crippen molar-refractivity contribution in [3.05, 3.63) is 35.4 Å². The van der Waals surface area contributed by atoms with Gasteiger partial charge in [0.25, 0.3) is 0 Å². The summed E-state index contributed by atoms with van der Waals surface area (Å²) in [6.07, 6.45) is 2.66. The van der Waals surface area contributed by atoms with Gasteiger partial charge in [-0.15, -0.1) is 0 Å². The van der Waals surface area contributed by atoms with Gasteiger partial charge in [0.05, 0.1) is 0 Å². The lowest BCUT2D eigenvalue weighted by atomic mass is 9.94. The Hall–Kier alpha value is -0.340. The molecule has 1 aromatic carbocycles. The van der Waals surface area contributed by atoms with Gasteiger partial charge < -0.3 is 0 Å². The summed E-state index contributed by atoms with van der Waals surface area (Å²) in [5.74, 6) is 0.865. The van der Waals surface area contributed by atoms with Crippen LogP contribution in [0, 0.1) is 12.8 Å². The zero-order chi connectivity index (χ0) is 12.3. The normalized spacial score (nSPS) is 20.4. The summed E-state index contributed by atoms with van der Waals surface area (Å²) in [5, 5.41) is 0. The lowest BCUT2D eigenvalue weighted by Crippen LogP contribution is -2.35. The highest BCUT2D eigenvalue weighted by Crippen LogP contribution is 2.25. The third-order valence-corrected chi connectivity index (χ3v) is 4.52. The quantitative estimate of drug-likeness (QED) is 0.762. The Morgan fingerprint density at radius 2 is 2.06 bits per heavy atom. The third kappa shape index (κ3) is 3.82. The molecule has 1 saturated heterocycles. The van der Waals surface area contributed by atoms with Gasteiger partial charge in [-0.25, -0.2) is 0 Å². The standard InChI is InChI=1S/C15H22BrN/c1-12-4-3-5-14(10-12)11-17-8-6-15(7-9-17)13(2)16/h3-5,10,13,15H,6-9,11H2,1-2H3. The van der Waals surface area contributed by atoms with Crippen molar-refractivity contribution in [2.75, 3.05) is 13.1 Å². The molecule has 0 bridgehead atoms. The second-order valence-electron chi connectivity index (χ2n) is 5.28. The van der Waals surface area contributed by atoms with Crippen molar-refractivity contribution in [2.24, 2.45) is 5.92 Å². The Bertz CT molecular complexity index is 354. The van der Waals surface area contributed by atoms with E-state index in [2.05, 4.69) is 58.9 Å². The van der Waals surface area contributed by atoms with Crippen molar-refractivity contribution in [3.8, 4) is 0 Å². The van der Waals surface area contributed by atoms with E-state index in [1.165, 1.54) is 37.1 Å². The average molecular weight is 296 g/mol. The molecule has 17 heavy (non-hydrogen) atoms. The molecule has 0 aromatic heterocycles. The second kappa shape index (κ2) is 6.01. The first kappa shape index (κ1) is 13.1. The number of likely N-dealkylation sites (tertiary alicyclic amines) is 1. The van der Waals surface area contributed by atoms with Crippen LogP contribution >= 0.6 is 15.9 Å². The fourth-order valence-corrected chi connectivity index (χ4v) is 3.17. The van der Waals surface area contributed by atoms with Crippen molar-refractivity contribution in [3.63, 3.8) is 0 Å². The summed E-state index contributed by atoms with van der Waals surface area (Å²) in [5.41, 5.74) is 2.82. The molecule has 2 rings (SSSR count). The Morgan fingerprint density at radius 1 is 1.35 bits per heavy atom. The average Bonchev–Trinajstić information content (AvgIpc) is 2.29. The maximum atomic E-state index is 3.71. The Kier molecular flexibility index (Phi) is 4.63. The highest BCUT2D eigenvalue weighted by atomic mass is 79.9. The predicted octanol–water partition coefficient (Wildman–Crippen LogP) is 3.99. The molecule has 2 heteroatoms. The minimum atomic E-state index is 0.670. The minimum Gasteiger partial charge on any atom is -0.299 e. The van der Waals surface area contributed by atoms with Crippen LogP contribution in [0.2, 0.25) is 0 Å². The van der Waals surface area contributed by atoms with Crippen LogP contribution in [-0.4, -0.2) is 22.8 Å². The van der Waals surface area contributed by atoms with E-state index in [1.54, 1.807) is 0 Å².